The van der Waals surface area contributed by atoms with Crippen LogP contribution in [0.4, 0.5) is 4.79 Å². The van der Waals surface area contributed by atoms with Gasteiger partial charge in [-0.15, -0.1) is 0 Å². The molecule has 0 saturated heterocycles. The number of carbonyl (C=O) groups excluding carboxylic acids is 1. The van der Waals surface area contributed by atoms with Gasteiger partial charge in [0.05, 0.1) is 24.9 Å². The van der Waals surface area contributed by atoms with E-state index in [1.165, 1.54) is 5.56 Å². The van der Waals surface area contributed by atoms with Crippen molar-refractivity contribution in [1.82, 2.24) is 14.9 Å². The molecule has 0 unspecified atom stereocenters. The van der Waals surface area contributed by atoms with Crippen molar-refractivity contribution in [1.29, 1.82) is 0 Å². The summed E-state index contributed by atoms with van der Waals surface area (Å²) in [4.78, 5) is 23.4. The number of ether oxygens (including phenoxy) is 2. The van der Waals surface area contributed by atoms with Gasteiger partial charge in [0.2, 0.25) is 0 Å². The van der Waals surface area contributed by atoms with E-state index in [2.05, 4.69) is 17.1 Å². The molecule has 1 aromatic heterocycles. The molecular weight excluding hydrogens is 366 g/mol. The molecule has 6 heteroatoms. The van der Waals surface area contributed by atoms with E-state index in [0.29, 0.717) is 25.6 Å². The zero-order valence-electron chi connectivity index (χ0n) is 17.4. The third-order valence-electron chi connectivity index (χ3n) is 5.39. The molecule has 154 valence electrons. The Kier molecular flexibility index (Phi) is 5.54. The Hall–Kier alpha value is -2.47. The number of carbonyl (C=O) groups is 1. The van der Waals surface area contributed by atoms with Crippen LogP contribution in [-0.4, -0.2) is 39.2 Å². The lowest BCUT2D eigenvalue weighted by Crippen LogP contribution is -2.40. The van der Waals surface area contributed by atoms with Crippen molar-refractivity contribution in [2.24, 2.45) is 0 Å². The number of rotatable bonds is 4. The predicted octanol–water partition coefficient (Wildman–Crippen LogP) is 4.23. The molecule has 1 fully saturated rings. The van der Waals surface area contributed by atoms with Crippen molar-refractivity contribution >= 4 is 6.09 Å². The van der Waals surface area contributed by atoms with Crippen LogP contribution >= 0.6 is 0 Å². The van der Waals surface area contributed by atoms with E-state index in [9.17, 15) is 4.79 Å². The van der Waals surface area contributed by atoms with E-state index in [1.54, 1.807) is 4.90 Å². The van der Waals surface area contributed by atoms with Gasteiger partial charge in [-0.1, -0.05) is 30.3 Å². The van der Waals surface area contributed by atoms with Crippen LogP contribution < -0.4 is 0 Å². The Labute approximate surface area is 172 Å². The number of hydrogen-bond acceptors (Lipinski definition) is 5. The second-order valence-electron chi connectivity index (χ2n) is 8.94. The van der Waals surface area contributed by atoms with E-state index in [-0.39, 0.29) is 12.2 Å². The molecule has 29 heavy (non-hydrogen) atoms. The first-order valence-corrected chi connectivity index (χ1v) is 10.4. The molecule has 2 aromatic rings. The van der Waals surface area contributed by atoms with Crippen LogP contribution in [0.25, 0.3) is 0 Å². The minimum Gasteiger partial charge on any atom is -0.444 e. The number of hydrogen-bond donors (Lipinski definition) is 0. The van der Waals surface area contributed by atoms with Gasteiger partial charge in [-0.2, -0.15) is 0 Å². The quantitative estimate of drug-likeness (QED) is 0.775. The molecule has 0 atom stereocenters. The first-order chi connectivity index (χ1) is 13.9. The number of aromatic nitrogens is 2. The van der Waals surface area contributed by atoms with Crippen LogP contribution in [0.1, 0.15) is 62.2 Å². The number of fused-ring (bicyclic) bond motifs is 1. The first-order valence-electron chi connectivity index (χ1n) is 10.4. The SMILES string of the molecule is CC(C)(C)OC(=O)N1CCc2nc(C3CC(OCc4ccccc4)C3)ncc2C1. The van der Waals surface area contributed by atoms with Crippen molar-refractivity contribution < 1.29 is 14.3 Å². The van der Waals surface area contributed by atoms with E-state index in [0.717, 1.165) is 36.3 Å². The Balaban J connectivity index is 1.29. The van der Waals surface area contributed by atoms with E-state index < -0.39 is 5.60 Å². The molecule has 1 aliphatic carbocycles. The number of benzene rings is 1. The van der Waals surface area contributed by atoms with E-state index >= 15 is 0 Å². The summed E-state index contributed by atoms with van der Waals surface area (Å²) in [7, 11) is 0. The molecule has 1 amide bonds. The summed E-state index contributed by atoms with van der Waals surface area (Å²) in [5, 5.41) is 0. The summed E-state index contributed by atoms with van der Waals surface area (Å²) in [5.74, 6) is 1.28. The van der Waals surface area contributed by atoms with Crippen LogP contribution in [0.2, 0.25) is 0 Å². The highest BCUT2D eigenvalue weighted by atomic mass is 16.6. The Morgan fingerprint density at radius 1 is 1.21 bits per heavy atom. The Bertz CT molecular complexity index is 857. The monoisotopic (exact) mass is 395 g/mol. The molecule has 1 aromatic carbocycles. The highest BCUT2D eigenvalue weighted by molar-refractivity contribution is 5.68. The maximum Gasteiger partial charge on any atom is 0.410 e. The molecule has 4 rings (SSSR count). The lowest BCUT2D eigenvalue weighted by molar-refractivity contribution is -0.0224. The first kappa shape index (κ1) is 19.8. The van der Waals surface area contributed by atoms with Crippen molar-refractivity contribution in [3.8, 4) is 0 Å². The van der Waals surface area contributed by atoms with Gasteiger partial charge in [0.1, 0.15) is 11.4 Å². The topological polar surface area (TPSA) is 64.5 Å². The zero-order chi connectivity index (χ0) is 20.4. The van der Waals surface area contributed by atoms with Gasteiger partial charge in [-0.05, 0) is 39.2 Å². The van der Waals surface area contributed by atoms with Crippen LogP contribution in [0.15, 0.2) is 36.5 Å². The van der Waals surface area contributed by atoms with Crippen LogP contribution in [0, 0.1) is 0 Å². The average Bonchev–Trinajstić information content (AvgIpc) is 2.65. The fourth-order valence-electron chi connectivity index (χ4n) is 3.71. The fraction of sp³-hybridized carbons (Fsp3) is 0.522. The summed E-state index contributed by atoms with van der Waals surface area (Å²) in [5.41, 5.74) is 2.79. The summed E-state index contributed by atoms with van der Waals surface area (Å²) < 4.78 is 11.5. The minimum absolute atomic E-state index is 0.273. The van der Waals surface area contributed by atoms with E-state index in [1.807, 2.05) is 45.2 Å². The fourth-order valence-corrected chi connectivity index (χ4v) is 3.71. The van der Waals surface area contributed by atoms with Crippen LogP contribution in [0.5, 0.6) is 0 Å². The van der Waals surface area contributed by atoms with Crippen molar-refractivity contribution in [3.63, 3.8) is 0 Å². The molecule has 2 heterocycles. The normalized spacial score (nSPS) is 21.3. The Morgan fingerprint density at radius 2 is 1.97 bits per heavy atom. The van der Waals surface area contributed by atoms with Gasteiger partial charge in [0.25, 0.3) is 0 Å². The van der Waals surface area contributed by atoms with Gasteiger partial charge >= 0.3 is 6.09 Å². The highest BCUT2D eigenvalue weighted by Crippen LogP contribution is 2.38. The third-order valence-corrected chi connectivity index (χ3v) is 5.39. The molecule has 6 nitrogen and oxygen atoms in total. The third kappa shape index (κ3) is 4.93. The largest absolute Gasteiger partial charge is 0.444 e. The molecule has 2 aliphatic rings. The molecular formula is C23H29N3O3. The standard InChI is InChI=1S/C23H29N3O3/c1-23(2,3)29-22(27)26-10-9-20-18(14-26)13-24-21(25-20)17-11-19(12-17)28-15-16-7-5-4-6-8-16/h4-8,13,17,19H,9-12,14-15H2,1-3H3. The van der Waals surface area contributed by atoms with Crippen molar-refractivity contribution in [3.05, 3.63) is 59.2 Å². The second-order valence-corrected chi connectivity index (χ2v) is 8.94. The summed E-state index contributed by atoms with van der Waals surface area (Å²) >= 11 is 0. The van der Waals surface area contributed by atoms with Crippen LogP contribution in [0.3, 0.4) is 0 Å². The second kappa shape index (κ2) is 8.11. The lowest BCUT2D eigenvalue weighted by Gasteiger charge is -2.35. The predicted molar refractivity (Wildman–Crippen MR) is 109 cm³/mol. The lowest BCUT2D eigenvalue weighted by atomic mass is 9.81. The van der Waals surface area contributed by atoms with Gasteiger partial charge < -0.3 is 14.4 Å². The minimum atomic E-state index is -0.485. The van der Waals surface area contributed by atoms with E-state index in [4.69, 9.17) is 14.5 Å². The maximum atomic E-state index is 12.3. The number of nitrogens with zero attached hydrogens (tertiary/aromatic N) is 3. The Morgan fingerprint density at radius 3 is 2.69 bits per heavy atom. The average molecular weight is 396 g/mol. The zero-order valence-corrected chi connectivity index (χ0v) is 17.4. The summed E-state index contributed by atoms with van der Waals surface area (Å²) in [6.07, 6.45) is 4.56. The summed E-state index contributed by atoms with van der Waals surface area (Å²) in [6.45, 7) is 7.45. The van der Waals surface area contributed by atoms with Crippen LogP contribution in [-0.2, 0) is 29.0 Å². The van der Waals surface area contributed by atoms with Gasteiger partial charge in [0.15, 0.2) is 0 Å². The van der Waals surface area contributed by atoms with Gasteiger partial charge in [-0.3, -0.25) is 0 Å². The molecule has 0 spiro atoms. The smallest absolute Gasteiger partial charge is 0.410 e. The van der Waals surface area contributed by atoms with Gasteiger partial charge in [0, 0.05) is 30.6 Å². The molecule has 1 aliphatic heterocycles. The number of amides is 1. The van der Waals surface area contributed by atoms with Crippen molar-refractivity contribution in [2.45, 2.75) is 70.8 Å². The molecule has 0 N–H and O–H groups in total. The highest BCUT2D eigenvalue weighted by Gasteiger charge is 2.34. The molecule has 0 bridgehead atoms. The molecule has 1 saturated carbocycles. The maximum absolute atomic E-state index is 12.3. The summed E-state index contributed by atoms with van der Waals surface area (Å²) in [6, 6.07) is 10.3. The van der Waals surface area contributed by atoms with Gasteiger partial charge in [-0.25, -0.2) is 14.8 Å². The van der Waals surface area contributed by atoms with Crippen molar-refractivity contribution in [2.75, 3.05) is 6.54 Å². The molecule has 0 radical (unpaired) electrons.